The van der Waals surface area contributed by atoms with Crippen molar-refractivity contribution in [2.45, 2.75) is 50.5 Å². The van der Waals surface area contributed by atoms with Crippen LogP contribution in [0.5, 0.6) is 0 Å². The van der Waals surface area contributed by atoms with E-state index in [1.54, 1.807) is 23.1 Å². The number of hydrogen-bond donors (Lipinski definition) is 0. The molecule has 1 saturated heterocycles. The lowest BCUT2D eigenvalue weighted by atomic mass is 9.85. The maximum atomic E-state index is 13.0. The zero-order valence-electron chi connectivity index (χ0n) is 15.5. The molecule has 0 N–H and O–H groups in total. The second-order valence-corrected chi connectivity index (χ2v) is 8.45. The van der Waals surface area contributed by atoms with Gasteiger partial charge in [0, 0.05) is 30.0 Å². The summed E-state index contributed by atoms with van der Waals surface area (Å²) >= 11 is 1.52. The summed E-state index contributed by atoms with van der Waals surface area (Å²) in [5.41, 5.74) is 0.883. The zero-order valence-corrected chi connectivity index (χ0v) is 16.4. The van der Waals surface area contributed by atoms with Crippen LogP contribution in [0.25, 0.3) is 0 Å². The van der Waals surface area contributed by atoms with E-state index in [-0.39, 0.29) is 18.0 Å². The van der Waals surface area contributed by atoms with Crippen LogP contribution in [-0.4, -0.2) is 39.2 Å². The standard InChI is InChI=1S/C20H22N4O3S/c21-11-17-16(15-8-4-5-9-18(15)24(26)27)10-19(25)23-12-22(13-28-20(17)23)14-6-2-1-3-7-14/h4-5,8-9,14,16H,1-3,6-7,10,12-13H2/t16-/m1/s1. The molecule has 0 radical (unpaired) electrons. The molecule has 7 nitrogen and oxygen atoms in total. The van der Waals surface area contributed by atoms with Gasteiger partial charge >= 0.3 is 0 Å². The minimum absolute atomic E-state index is 0.0354. The van der Waals surface area contributed by atoms with Gasteiger partial charge in [-0.25, -0.2) is 0 Å². The smallest absolute Gasteiger partial charge is 0.273 e. The molecule has 1 aromatic rings. The predicted molar refractivity (Wildman–Crippen MR) is 106 cm³/mol. The topological polar surface area (TPSA) is 90.5 Å². The highest BCUT2D eigenvalue weighted by Gasteiger charge is 2.41. The summed E-state index contributed by atoms with van der Waals surface area (Å²) in [4.78, 5) is 28.0. The second kappa shape index (κ2) is 7.94. The van der Waals surface area contributed by atoms with E-state index in [9.17, 15) is 20.2 Å². The Balaban J connectivity index is 1.66. The molecule has 1 aliphatic carbocycles. The lowest BCUT2D eigenvalue weighted by molar-refractivity contribution is -0.385. The van der Waals surface area contributed by atoms with Crippen molar-refractivity contribution >= 4 is 23.4 Å². The first kappa shape index (κ1) is 19.0. The molecule has 2 heterocycles. The summed E-state index contributed by atoms with van der Waals surface area (Å²) in [7, 11) is 0. The lowest BCUT2D eigenvalue weighted by Crippen LogP contribution is -2.51. The molecule has 0 spiro atoms. The molecule has 8 heteroatoms. The molecule has 1 atom stereocenters. The number of para-hydroxylation sites is 1. The minimum Gasteiger partial charge on any atom is -0.292 e. The van der Waals surface area contributed by atoms with Gasteiger partial charge < -0.3 is 0 Å². The number of fused-ring (bicyclic) bond motifs is 1. The second-order valence-electron chi connectivity index (χ2n) is 7.52. The third-order valence-corrected chi connectivity index (χ3v) is 7.09. The Bertz CT molecular complexity index is 872. The average Bonchev–Trinajstić information content (AvgIpc) is 2.74. The Morgan fingerprint density at radius 2 is 1.96 bits per heavy atom. The summed E-state index contributed by atoms with van der Waals surface area (Å²) in [6.45, 7) is 0.515. The largest absolute Gasteiger partial charge is 0.292 e. The van der Waals surface area contributed by atoms with Crippen molar-refractivity contribution in [3.8, 4) is 6.07 Å². The fourth-order valence-electron chi connectivity index (χ4n) is 4.47. The van der Waals surface area contributed by atoms with Crippen molar-refractivity contribution in [3.05, 3.63) is 50.5 Å². The van der Waals surface area contributed by atoms with Crippen LogP contribution >= 0.6 is 11.8 Å². The Morgan fingerprint density at radius 1 is 1.21 bits per heavy atom. The van der Waals surface area contributed by atoms with Gasteiger partial charge in [-0.3, -0.25) is 24.7 Å². The van der Waals surface area contributed by atoms with E-state index in [1.807, 2.05) is 0 Å². The molecular weight excluding hydrogens is 376 g/mol. The number of allylic oxidation sites excluding steroid dienone is 1. The molecular formula is C20H22N4O3S. The van der Waals surface area contributed by atoms with Crippen molar-refractivity contribution in [2.75, 3.05) is 12.5 Å². The highest BCUT2D eigenvalue weighted by molar-refractivity contribution is 8.03. The Morgan fingerprint density at radius 3 is 2.68 bits per heavy atom. The molecule has 0 aromatic heterocycles. The van der Waals surface area contributed by atoms with Crippen LogP contribution in [-0.2, 0) is 4.79 Å². The quantitative estimate of drug-likeness (QED) is 0.566. The highest BCUT2D eigenvalue weighted by Crippen LogP contribution is 2.45. The molecule has 1 saturated carbocycles. The third kappa shape index (κ3) is 3.40. The van der Waals surface area contributed by atoms with Crippen LogP contribution < -0.4 is 0 Å². The number of nitro benzene ring substituents is 1. The van der Waals surface area contributed by atoms with Crippen LogP contribution in [0.2, 0.25) is 0 Å². The van der Waals surface area contributed by atoms with Gasteiger partial charge in [-0.05, 0) is 12.8 Å². The Hall–Kier alpha value is -2.37. The number of benzene rings is 1. The number of nitrogens with zero attached hydrogens (tertiary/aromatic N) is 4. The number of carbonyl (C=O) groups is 1. The van der Waals surface area contributed by atoms with E-state index in [1.165, 1.54) is 37.1 Å². The summed E-state index contributed by atoms with van der Waals surface area (Å²) in [5, 5.41) is 22.0. The molecule has 1 amide bonds. The lowest BCUT2D eigenvalue weighted by Gasteiger charge is -2.44. The van der Waals surface area contributed by atoms with Crippen LogP contribution in [0, 0.1) is 21.4 Å². The normalized spacial score (nSPS) is 24.0. The number of hydrogen-bond acceptors (Lipinski definition) is 6. The Labute approximate surface area is 168 Å². The van der Waals surface area contributed by atoms with Crippen LogP contribution in [0.3, 0.4) is 0 Å². The van der Waals surface area contributed by atoms with E-state index < -0.39 is 10.8 Å². The summed E-state index contributed by atoms with van der Waals surface area (Å²) in [6.07, 6.45) is 6.15. The molecule has 146 valence electrons. The number of nitriles is 1. The average molecular weight is 398 g/mol. The van der Waals surface area contributed by atoms with E-state index in [2.05, 4.69) is 11.0 Å². The van der Waals surface area contributed by atoms with E-state index in [0.717, 1.165) is 18.7 Å². The number of amides is 1. The fraction of sp³-hybridized carbons (Fsp3) is 0.500. The highest BCUT2D eigenvalue weighted by atomic mass is 32.2. The molecule has 2 fully saturated rings. The van der Waals surface area contributed by atoms with Crippen molar-refractivity contribution in [3.63, 3.8) is 0 Å². The van der Waals surface area contributed by atoms with Gasteiger partial charge in [-0.1, -0.05) is 49.2 Å². The van der Waals surface area contributed by atoms with Gasteiger partial charge in [0.2, 0.25) is 5.91 Å². The number of rotatable bonds is 3. The number of carbonyl (C=O) groups excluding carboxylic acids is 1. The first-order valence-corrected chi connectivity index (χ1v) is 10.6. The molecule has 28 heavy (non-hydrogen) atoms. The maximum Gasteiger partial charge on any atom is 0.273 e. The van der Waals surface area contributed by atoms with Gasteiger partial charge in [0.1, 0.15) is 0 Å². The van der Waals surface area contributed by atoms with Gasteiger partial charge in [0.05, 0.1) is 34.1 Å². The SMILES string of the molecule is N#CC1=C2SCN(C3CCCCC3)CN2C(=O)C[C@@H]1c1ccccc1[N+](=O)[O-]. The minimum atomic E-state index is -0.556. The predicted octanol–water partition coefficient (Wildman–Crippen LogP) is 3.94. The van der Waals surface area contributed by atoms with Crippen molar-refractivity contribution in [1.29, 1.82) is 5.26 Å². The van der Waals surface area contributed by atoms with Gasteiger partial charge in [-0.15, -0.1) is 0 Å². The van der Waals surface area contributed by atoms with Crippen molar-refractivity contribution < 1.29 is 9.72 Å². The number of nitro groups is 1. The van der Waals surface area contributed by atoms with E-state index in [0.29, 0.717) is 28.9 Å². The zero-order chi connectivity index (χ0) is 19.7. The molecule has 0 unspecified atom stereocenters. The van der Waals surface area contributed by atoms with Crippen molar-refractivity contribution in [2.24, 2.45) is 0 Å². The van der Waals surface area contributed by atoms with Gasteiger partial charge in [0.25, 0.3) is 5.69 Å². The van der Waals surface area contributed by atoms with Gasteiger partial charge in [-0.2, -0.15) is 5.26 Å². The molecule has 3 aliphatic rings. The van der Waals surface area contributed by atoms with E-state index >= 15 is 0 Å². The molecule has 2 aliphatic heterocycles. The van der Waals surface area contributed by atoms with E-state index in [4.69, 9.17) is 0 Å². The fourth-order valence-corrected chi connectivity index (χ4v) is 5.71. The van der Waals surface area contributed by atoms with Crippen LogP contribution in [0.4, 0.5) is 5.69 Å². The van der Waals surface area contributed by atoms with Crippen molar-refractivity contribution in [1.82, 2.24) is 9.80 Å². The van der Waals surface area contributed by atoms with Crippen LogP contribution in [0.15, 0.2) is 34.9 Å². The number of thioether (sulfide) groups is 1. The third-order valence-electron chi connectivity index (χ3n) is 5.91. The monoisotopic (exact) mass is 398 g/mol. The van der Waals surface area contributed by atoms with Gasteiger partial charge in [0.15, 0.2) is 0 Å². The summed E-state index contributed by atoms with van der Waals surface area (Å²) in [6, 6.07) is 9.17. The first-order valence-electron chi connectivity index (χ1n) is 9.65. The molecule has 4 rings (SSSR count). The maximum absolute atomic E-state index is 13.0. The summed E-state index contributed by atoms with van der Waals surface area (Å²) in [5.74, 6) is 0.128. The molecule has 1 aromatic carbocycles. The molecule has 0 bridgehead atoms. The Kier molecular flexibility index (Phi) is 5.38. The van der Waals surface area contributed by atoms with Crippen LogP contribution in [0.1, 0.15) is 50.0 Å². The summed E-state index contributed by atoms with van der Waals surface area (Å²) < 4.78 is 0. The first-order chi connectivity index (χ1) is 13.6.